The highest BCUT2D eigenvalue weighted by Crippen LogP contribution is 2.15. The van der Waals surface area contributed by atoms with Crippen LogP contribution in [0.5, 0.6) is 0 Å². The maximum Gasteiger partial charge on any atom is 0.306 e. The average Bonchev–Trinajstić information content (AvgIpc) is 3.43. The molecule has 0 saturated carbocycles. The molecule has 0 rings (SSSR count). The number of hydrogen-bond donors (Lipinski definition) is 0. The Labute approximate surface area is 474 Å². The van der Waals surface area contributed by atoms with Crippen LogP contribution < -0.4 is 0 Å². The summed E-state index contributed by atoms with van der Waals surface area (Å²) in [5, 5.41) is 0. The summed E-state index contributed by atoms with van der Waals surface area (Å²) in [6, 6.07) is 0. The van der Waals surface area contributed by atoms with Crippen molar-refractivity contribution in [3.8, 4) is 0 Å². The zero-order chi connectivity index (χ0) is 55.7. The third-order valence-corrected chi connectivity index (χ3v) is 12.8. The maximum absolute atomic E-state index is 12.9. The predicted molar refractivity (Wildman–Crippen MR) is 334 cm³/mol. The molecule has 6 nitrogen and oxygen atoms in total. The molecular formula is C71H114O6. The van der Waals surface area contributed by atoms with Gasteiger partial charge < -0.3 is 14.2 Å². The summed E-state index contributed by atoms with van der Waals surface area (Å²) in [6.07, 6.45) is 91.3. The fourth-order valence-electron chi connectivity index (χ4n) is 8.24. The Bertz CT molecular complexity index is 1700. The smallest absolute Gasteiger partial charge is 0.306 e. The minimum absolute atomic E-state index is 0.102. The van der Waals surface area contributed by atoms with E-state index in [9.17, 15) is 14.4 Å². The van der Waals surface area contributed by atoms with Crippen LogP contribution in [0.15, 0.2) is 146 Å². The molecule has 6 heteroatoms. The molecule has 0 aromatic rings. The summed E-state index contributed by atoms with van der Waals surface area (Å²) < 4.78 is 16.9. The number of allylic oxidation sites excluding steroid dienone is 24. The number of hydrogen-bond acceptors (Lipinski definition) is 6. The summed E-state index contributed by atoms with van der Waals surface area (Å²) in [6.45, 7) is 6.26. The Hall–Kier alpha value is -4.71. The van der Waals surface area contributed by atoms with Crippen LogP contribution in [0.2, 0.25) is 0 Å². The molecule has 0 aliphatic heterocycles. The molecule has 1 atom stereocenters. The largest absolute Gasteiger partial charge is 0.462 e. The van der Waals surface area contributed by atoms with E-state index < -0.39 is 6.10 Å². The van der Waals surface area contributed by atoms with E-state index in [0.29, 0.717) is 19.3 Å². The van der Waals surface area contributed by atoms with Gasteiger partial charge in [0.2, 0.25) is 0 Å². The molecular weight excluding hydrogens is 949 g/mol. The first-order valence-electron chi connectivity index (χ1n) is 31.3. The fraction of sp³-hybridized carbons (Fsp3) is 0.620. The summed E-state index contributed by atoms with van der Waals surface area (Å²) in [7, 11) is 0. The molecule has 0 N–H and O–H groups in total. The molecule has 0 radical (unpaired) electrons. The van der Waals surface area contributed by atoms with Crippen LogP contribution in [-0.2, 0) is 28.6 Å². The minimum atomic E-state index is -0.809. The lowest BCUT2D eigenvalue weighted by Gasteiger charge is -2.18. The van der Waals surface area contributed by atoms with Gasteiger partial charge in [-0.3, -0.25) is 14.4 Å². The highest BCUT2D eigenvalue weighted by molar-refractivity contribution is 5.71. The van der Waals surface area contributed by atoms with E-state index >= 15 is 0 Å². The molecule has 0 aliphatic carbocycles. The molecule has 0 aromatic heterocycles. The standard InChI is InChI=1S/C71H114O6/c1-4-7-10-13-16-19-22-25-28-30-32-34-35-37-38-40-43-46-49-52-55-58-61-64-70(73)76-67-68(66-75-69(72)63-60-57-54-51-48-45-42-27-24-21-18-15-12-9-6-3)77-71(74)65-62-59-56-53-50-47-44-41-39-36-33-31-29-26-23-20-17-14-11-8-5-2/h7-12,16-21,25-29,32-34,36,42,48,51,68H,4-6,13-15,22-24,30-31,35,37-41,43-47,49-50,52-67H2,1-3H3/b10-7-,11-8-,12-9-,19-16-,20-17-,21-18-,28-25-,29-26-,34-32-,36-33-,42-27-,51-48-. The van der Waals surface area contributed by atoms with E-state index in [1.165, 1.54) is 83.5 Å². The summed E-state index contributed by atoms with van der Waals surface area (Å²) in [5.74, 6) is -0.957. The highest BCUT2D eigenvalue weighted by atomic mass is 16.6. The second kappa shape index (κ2) is 63.8. The van der Waals surface area contributed by atoms with E-state index in [1.54, 1.807) is 0 Å². The molecule has 0 saturated heterocycles. The summed E-state index contributed by atoms with van der Waals surface area (Å²) in [4.78, 5) is 38.3. The molecule has 434 valence electrons. The molecule has 0 aromatic carbocycles. The number of carbonyl (C=O) groups excluding carboxylic acids is 3. The van der Waals surface area contributed by atoms with E-state index in [1.807, 2.05) is 0 Å². The zero-order valence-corrected chi connectivity index (χ0v) is 49.7. The third kappa shape index (κ3) is 62.0. The Morgan fingerprint density at radius 2 is 0.468 bits per heavy atom. The van der Waals surface area contributed by atoms with Gasteiger partial charge in [-0.1, -0.05) is 256 Å². The number of rotatable bonds is 55. The van der Waals surface area contributed by atoms with Crippen LogP contribution >= 0.6 is 0 Å². The Morgan fingerprint density at radius 1 is 0.260 bits per heavy atom. The van der Waals surface area contributed by atoms with Crippen molar-refractivity contribution in [3.05, 3.63) is 146 Å². The Balaban J connectivity index is 4.44. The van der Waals surface area contributed by atoms with Crippen LogP contribution in [0.3, 0.4) is 0 Å². The van der Waals surface area contributed by atoms with Crippen LogP contribution in [-0.4, -0.2) is 37.2 Å². The SMILES string of the molecule is CC/C=C\C/C=C\C/C=C\C/C=C\CCCCCCCCCCCCC(=O)OCC(COC(=O)CCCC/C=C\C/C=C\C/C=C\C/C=C\CC)OC(=O)CCCCCCCCCC/C=C\C/C=C\C/C=C\C/C=C\CC. The van der Waals surface area contributed by atoms with Gasteiger partial charge in [0.25, 0.3) is 0 Å². The van der Waals surface area contributed by atoms with Crippen molar-refractivity contribution in [2.75, 3.05) is 13.2 Å². The second-order valence-electron chi connectivity index (χ2n) is 20.2. The maximum atomic E-state index is 12.9. The third-order valence-electron chi connectivity index (χ3n) is 12.8. The Morgan fingerprint density at radius 3 is 0.753 bits per heavy atom. The Kier molecular flexibility index (Phi) is 59.9. The van der Waals surface area contributed by atoms with E-state index in [-0.39, 0.29) is 31.1 Å². The van der Waals surface area contributed by atoms with E-state index in [4.69, 9.17) is 14.2 Å². The first kappa shape index (κ1) is 72.3. The van der Waals surface area contributed by atoms with E-state index in [0.717, 1.165) is 141 Å². The molecule has 0 fully saturated rings. The molecule has 1 unspecified atom stereocenters. The molecule has 0 heterocycles. The van der Waals surface area contributed by atoms with Crippen molar-refractivity contribution in [3.63, 3.8) is 0 Å². The lowest BCUT2D eigenvalue weighted by molar-refractivity contribution is -0.167. The van der Waals surface area contributed by atoms with Crippen LogP contribution in [0.25, 0.3) is 0 Å². The summed E-state index contributed by atoms with van der Waals surface area (Å²) in [5.41, 5.74) is 0. The minimum Gasteiger partial charge on any atom is -0.462 e. The van der Waals surface area contributed by atoms with Crippen LogP contribution in [0, 0.1) is 0 Å². The van der Waals surface area contributed by atoms with Gasteiger partial charge >= 0.3 is 17.9 Å². The molecule has 0 bridgehead atoms. The van der Waals surface area contributed by atoms with Crippen molar-refractivity contribution in [2.24, 2.45) is 0 Å². The molecule has 77 heavy (non-hydrogen) atoms. The average molecular weight is 1060 g/mol. The van der Waals surface area contributed by atoms with Crippen LogP contribution in [0.1, 0.15) is 265 Å². The van der Waals surface area contributed by atoms with Gasteiger partial charge in [0.15, 0.2) is 6.10 Å². The number of esters is 3. The normalized spacial score (nSPS) is 13.1. The molecule has 0 amide bonds. The first-order chi connectivity index (χ1) is 38.0. The molecule has 0 aliphatic rings. The molecule has 0 spiro atoms. The van der Waals surface area contributed by atoms with Crippen molar-refractivity contribution in [1.82, 2.24) is 0 Å². The van der Waals surface area contributed by atoms with Gasteiger partial charge in [0, 0.05) is 19.3 Å². The second-order valence-corrected chi connectivity index (χ2v) is 20.2. The topological polar surface area (TPSA) is 78.9 Å². The predicted octanol–water partition coefficient (Wildman–Crippen LogP) is 21.5. The number of carbonyl (C=O) groups is 3. The van der Waals surface area contributed by atoms with E-state index in [2.05, 4.69) is 167 Å². The van der Waals surface area contributed by atoms with Gasteiger partial charge in [-0.05, 0) is 135 Å². The van der Waals surface area contributed by atoms with Gasteiger partial charge in [0.1, 0.15) is 13.2 Å². The lowest BCUT2D eigenvalue weighted by Crippen LogP contribution is -2.30. The monoisotopic (exact) mass is 1060 g/mol. The summed E-state index contributed by atoms with van der Waals surface area (Å²) >= 11 is 0. The van der Waals surface area contributed by atoms with Gasteiger partial charge in [-0.2, -0.15) is 0 Å². The van der Waals surface area contributed by atoms with Crippen molar-refractivity contribution < 1.29 is 28.6 Å². The fourth-order valence-corrected chi connectivity index (χ4v) is 8.24. The zero-order valence-electron chi connectivity index (χ0n) is 49.7. The first-order valence-corrected chi connectivity index (χ1v) is 31.3. The number of ether oxygens (including phenoxy) is 3. The van der Waals surface area contributed by atoms with Crippen molar-refractivity contribution >= 4 is 17.9 Å². The quantitative estimate of drug-likeness (QED) is 0.0261. The van der Waals surface area contributed by atoms with Gasteiger partial charge in [-0.15, -0.1) is 0 Å². The number of unbranched alkanes of at least 4 members (excludes halogenated alkanes) is 20. The lowest BCUT2D eigenvalue weighted by atomic mass is 10.1. The van der Waals surface area contributed by atoms with Crippen LogP contribution in [0.4, 0.5) is 0 Å². The van der Waals surface area contributed by atoms with Crippen molar-refractivity contribution in [1.29, 1.82) is 0 Å². The highest BCUT2D eigenvalue weighted by Gasteiger charge is 2.19. The van der Waals surface area contributed by atoms with Crippen molar-refractivity contribution in [2.45, 2.75) is 271 Å². The van der Waals surface area contributed by atoms with Gasteiger partial charge in [-0.25, -0.2) is 0 Å². The van der Waals surface area contributed by atoms with Gasteiger partial charge in [0.05, 0.1) is 0 Å².